The van der Waals surface area contributed by atoms with Gasteiger partial charge in [0.1, 0.15) is 0 Å². The summed E-state index contributed by atoms with van der Waals surface area (Å²) in [5.41, 5.74) is 1.36. The molecule has 0 spiro atoms. The fraction of sp³-hybridized carbons (Fsp3) is 0.263. The van der Waals surface area contributed by atoms with E-state index in [-0.39, 0.29) is 19.1 Å². The number of amides is 2. The van der Waals surface area contributed by atoms with Crippen molar-refractivity contribution < 1.29 is 19.1 Å². The molecule has 0 unspecified atom stereocenters. The van der Waals surface area contributed by atoms with Gasteiger partial charge in [0.2, 0.25) is 0 Å². The Morgan fingerprint density at radius 2 is 1.32 bits per heavy atom. The van der Waals surface area contributed by atoms with Crippen molar-refractivity contribution in [1.29, 1.82) is 0 Å². The van der Waals surface area contributed by atoms with Crippen LogP contribution < -0.4 is 10.6 Å². The number of carbonyl (C=O) groups excluding carboxylic acids is 2. The summed E-state index contributed by atoms with van der Waals surface area (Å²) < 4.78 is 10.3. The Morgan fingerprint density at radius 3 is 1.84 bits per heavy atom. The molecule has 6 heteroatoms. The van der Waals surface area contributed by atoms with Crippen molar-refractivity contribution >= 4 is 23.6 Å². The molecule has 132 valence electrons. The van der Waals surface area contributed by atoms with Crippen LogP contribution in [0.5, 0.6) is 0 Å². The van der Waals surface area contributed by atoms with Crippen molar-refractivity contribution in [1.82, 2.24) is 0 Å². The quantitative estimate of drug-likeness (QED) is 0.776. The van der Waals surface area contributed by atoms with E-state index in [0.29, 0.717) is 17.8 Å². The lowest BCUT2D eigenvalue weighted by atomic mass is 10.1. The highest BCUT2D eigenvalue weighted by Crippen LogP contribution is 2.09. The lowest BCUT2D eigenvalue weighted by molar-refractivity contribution is 0.124. The second-order valence-corrected chi connectivity index (χ2v) is 5.61. The third-order valence-corrected chi connectivity index (χ3v) is 3.38. The number of anilines is 2. The third-order valence-electron chi connectivity index (χ3n) is 3.38. The summed E-state index contributed by atoms with van der Waals surface area (Å²) in [7, 11) is 0. The van der Waals surface area contributed by atoms with Crippen LogP contribution in [0.15, 0.2) is 60.7 Å². The lowest BCUT2D eigenvalue weighted by Gasteiger charge is -2.13. The fourth-order valence-corrected chi connectivity index (χ4v) is 2.00. The van der Waals surface area contributed by atoms with Gasteiger partial charge < -0.3 is 9.47 Å². The van der Waals surface area contributed by atoms with Gasteiger partial charge in [0.15, 0.2) is 0 Å². The minimum absolute atomic E-state index is 0.0750. The number of hydrogen-bond donors (Lipinski definition) is 2. The van der Waals surface area contributed by atoms with E-state index < -0.39 is 12.2 Å². The molecule has 2 N–H and O–H groups in total. The standard InChI is InChI=1S/C19H22N2O4/c1-15(14-25-19(23)21-17-10-6-3-7-11-17)12-13-24-18(22)20-16-8-4-2-5-9-16/h2-11,15H,12-14H2,1H3,(H,20,22)(H,21,23)/t15-/m0/s1. The largest absolute Gasteiger partial charge is 0.449 e. The zero-order valence-corrected chi connectivity index (χ0v) is 14.1. The second kappa shape index (κ2) is 9.97. The Labute approximate surface area is 147 Å². The molecule has 0 aliphatic heterocycles. The van der Waals surface area contributed by atoms with Crippen molar-refractivity contribution in [2.45, 2.75) is 13.3 Å². The van der Waals surface area contributed by atoms with Gasteiger partial charge in [-0.25, -0.2) is 9.59 Å². The van der Waals surface area contributed by atoms with Crippen LogP contribution in [0.3, 0.4) is 0 Å². The Kier molecular flexibility index (Phi) is 7.31. The van der Waals surface area contributed by atoms with Crippen LogP contribution in [0.2, 0.25) is 0 Å². The maximum absolute atomic E-state index is 11.7. The highest BCUT2D eigenvalue weighted by molar-refractivity contribution is 5.84. The third kappa shape index (κ3) is 7.39. The molecule has 0 aromatic heterocycles. The zero-order chi connectivity index (χ0) is 17.9. The van der Waals surface area contributed by atoms with Crippen molar-refractivity contribution in [3.05, 3.63) is 60.7 Å². The first-order chi connectivity index (χ1) is 12.1. The van der Waals surface area contributed by atoms with Crippen LogP contribution in [0.4, 0.5) is 21.0 Å². The number of benzene rings is 2. The van der Waals surface area contributed by atoms with E-state index in [1.165, 1.54) is 0 Å². The highest BCUT2D eigenvalue weighted by atomic mass is 16.6. The summed E-state index contributed by atoms with van der Waals surface area (Å²) >= 11 is 0. The average Bonchev–Trinajstić information content (AvgIpc) is 2.62. The van der Waals surface area contributed by atoms with E-state index in [1.54, 1.807) is 24.3 Å². The number of rotatable bonds is 7. The van der Waals surface area contributed by atoms with Gasteiger partial charge in [-0.3, -0.25) is 10.6 Å². The molecule has 0 fully saturated rings. The van der Waals surface area contributed by atoms with Gasteiger partial charge in [-0.05, 0) is 36.6 Å². The Bertz CT molecular complexity index is 662. The summed E-state index contributed by atoms with van der Waals surface area (Å²) in [6, 6.07) is 18.2. The molecule has 1 atom stereocenters. The Balaban J connectivity index is 1.58. The molecule has 0 saturated heterocycles. The van der Waals surface area contributed by atoms with Crippen LogP contribution >= 0.6 is 0 Å². The van der Waals surface area contributed by atoms with Crippen molar-refractivity contribution in [2.24, 2.45) is 5.92 Å². The van der Waals surface area contributed by atoms with E-state index in [0.717, 1.165) is 0 Å². The van der Waals surface area contributed by atoms with Gasteiger partial charge in [-0.2, -0.15) is 0 Å². The SMILES string of the molecule is C[C@@H](CCOC(=O)Nc1ccccc1)COC(=O)Nc1ccccc1. The molecule has 2 rings (SSSR count). The van der Waals surface area contributed by atoms with Crippen molar-refractivity contribution in [3.63, 3.8) is 0 Å². The van der Waals surface area contributed by atoms with E-state index in [2.05, 4.69) is 10.6 Å². The number of ether oxygens (including phenoxy) is 2. The van der Waals surface area contributed by atoms with Crippen LogP contribution in [0.1, 0.15) is 13.3 Å². The summed E-state index contributed by atoms with van der Waals surface area (Å²) in [5, 5.41) is 5.28. The normalized spacial score (nSPS) is 11.2. The first-order valence-electron chi connectivity index (χ1n) is 8.11. The Morgan fingerprint density at radius 1 is 0.840 bits per heavy atom. The molecule has 0 aliphatic rings. The predicted octanol–water partition coefficient (Wildman–Crippen LogP) is 4.51. The minimum Gasteiger partial charge on any atom is -0.449 e. The molecule has 6 nitrogen and oxygen atoms in total. The van der Waals surface area contributed by atoms with Gasteiger partial charge in [0, 0.05) is 11.4 Å². The summed E-state index contributed by atoms with van der Waals surface area (Å²) in [6.07, 6.45) is -0.400. The topological polar surface area (TPSA) is 76.7 Å². The lowest BCUT2D eigenvalue weighted by Crippen LogP contribution is -2.20. The second-order valence-electron chi connectivity index (χ2n) is 5.61. The minimum atomic E-state index is -0.499. The predicted molar refractivity (Wildman–Crippen MR) is 96.6 cm³/mol. The van der Waals surface area contributed by atoms with Crippen LogP contribution in [-0.4, -0.2) is 25.4 Å². The number of hydrogen-bond acceptors (Lipinski definition) is 4. The highest BCUT2D eigenvalue weighted by Gasteiger charge is 2.09. The molecule has 0 radical (unpaired) electrons. The number of nitrogens with one attached hydrogen (secondary N) is 2. The van der Waals surface area contributed by atoms with E-state index in [9.17, 15) is 9.59 Å². The van der Waals surface area contributed by atoms with Gasteiger partial charge in [0.25, 0.3) is 0 Å². The fourth-order valence-electron chi connectivity index (χ4n) is 2.00. The summed E-state index contributed by atoms with van der Waals surface area (Å²) in [4.78, 5) is 23.3. The molecule has 2 aromatic rings. The van der Waals surface area contributed by atoms with Gasteiger partial charge in [0.05, 0.1) is 13.2 Å². The molecular weight excluding hydrogens is 320 g/mol. The maximum atomic E-state index is 11.7. The first-order valence-corrected chi connectivity index (χ1v) is 8.11. The van der Waals surface area contributed by atoms with Crippen molar-refractivity contribution in [3.8, 4) is 0 Å². The van der Waals surface area contributed by atoms with Gasteiger partial charge >= 0.3 is 12.2 Å². The maximum Gasteiger partial charge on any atom is 0.411 e. The smallest absolute Gasteiger partial charge is 0.411 e. The first kappa shape index (κ1) is 18.3. The molecule has 0 bridgehead atoms. The molecule has 25 heavy (non-hydrogen) atoms. The molecule has 0 heterocycles. The van der Waals surface area contributed by atoms with Gasteiger partial charge in [-0.1, -0.05) is 43.3 Å². The summed E-state index contributed by atoms with van der Waals surface area (Å²) in [5.74, 6) is 0.0750. The number of carbonyl (C=O) groups is 2. The van der Waals surface area contributed by atoms with Crippen LogP contribution in [-0.2, 0) is 9.47 Å². The monoisotopic (exact) mass is 342 g/mol. The summed E-state index contributed by atoms with van der Waals surface area (Å²) in [6.45, 7) is 2.43. The Hall–Kier alpha value is -3.02. The molecule has 0 aliphatic carbocycles. The average molecular weight is 342 g/mol. The van der Waals surface area contributed by atoms with Crippen LogP contribution in [0.25, 0.3) is 0 Å². The number of para-hydroxylation sites is 2. The molecule has 2 aromatic carbocycles. The molecule has 2 amide bonds. The van der Waals surface area contributed by atoms with Crippen molar-refractivity contribution in [2.75, 3.05) is 23.8 Å². The van der Waals surface area contributed by atoms with Crippen LogP contribution in [0, 0.1) is 5.92 Å². The van der Waals surface area contributed by atoms with E-state index in [1.807, 2.05) is 43.3 Å². The molecule has 0 saturated carbocycles. The van der Waals surface area contributed by atoms with E-state index >= 15 is 0 Å². The zero-order valence-electron chi connectivity index (χ0n) is 14.1. The molecular formula is C19H22N2O4. The van der Waals surface area contributed by atoms with Gasteiger partial charge in [-0.15, -0.1) is 0 Å². The van der Waals surface area contributed by atoms with E-state index in [4.69, 9.17) is 9.47 Å².